The van der Waals surface area contributed by atoms with Gasteiger partial charge >= 0.3 is 5.97 Å². The van der Waals surface area contributed by atoms with Crippen LogP contribution in [0.5, 0.6) is 0 Å². The van der Waals surface area contributed by atoms with E-state index in [1.165, 1.54) is 13.3 Å². The van der Waals surface area contributed by atoms with Gasteiger partial charge in [-0.2, -0.15) is 10.2 Å². The molecule has 1 amide bonds. The molecule has 0 atom stereocenters. The van der Waals surface area contributed by atoms with E-state index in [0.717, 1.165) is 5.76 Å². The van der Waals surface area contributed by atoms with E-state index in [2.05, 4.69) is 25.5 Å². The van der Waals surface area contributed by atoms with E-state index in [1.54, 1.807) is 36.4 Å². The average Bonchev–Trinajstić information content (AvgIpc) is 3.30. The van der Waals surface area contributed by atoms with Crippen LogP contribution in [0.4, 0.5) is 0 Å². The van der Waals surface area contributed by atoms with Crippen LogP contribution < -0.4 is 5.43 Å². The Bertz CT molecular complexity index is 954. The summed E-state index contributed by atoms with van der Waals surface area (Å²) >= 11 is 0. The maximum absolute atomic E-state index is 12.1. The summed E-state index contributed by atoms with van der Waals surface area (Å²) in [6, 6.07) is 11.8. The Labute approximate surface area is 148 Å². The third-order valence-corrected chi connectivity index (χ3v) is 3.53. The van der Waals surface area contributed by atoms with Crippen LogP contribution in [0.15, 0.2) is 52.0 Å². The molecule has 8 heteroatoms. The SMILES string of the molecule is COC(=O)c1ccc(/C=N\NC(=O)c2cc(-c3ccc(C)o3)[nH]n2)cc1. The molecule has 0 spiro atoms. The van der Waals surface area contributed by atoms with E-state index in [4.69, 9.17) is 4.42 Å². The minimum Gasteiger partial charge on any atom is -0.465 e. The first-order valence-electron chi connectivity index (χ1n) is 7.71. The molecule has 0 saturated heterocycles. The van der Waals surface area contributed by atoms with Gasteiger partial charge in [0.15, 0.2) is 11.5 Å². The summed E-state index contributed by atoms with van der Waals surface area (Å²) in [7, 11) is 1.32. The lowest BCUT2D eigenvalue weighted by Gasteiger charge is -1.99. The number of aromatic nitrogens is 2. The van der Waals surface area contributed by atoms with Gasteiger partial charge < -0.3 is 9.15 Å². The van der Waals surface area contributed by atoms with Crippen molar-refractivity contribution in [2.75, 3.05) is 7.11 Å². The van der Waals surface area contributed by atoms with Crippen LogP contribution in [0.3, 0.4) is 0 Å². The number of benzene rings is 1. The largest absolute Gasteiger partial charge is 0.465 e. The van der Waals surface area contributed by atoms with Crippen LogP contribution in [0.25, 0.3) is 11.5 Å². The molecule has 132 valence electrons. The number of rotatable bonds is 5. The number of carbonyl (C=O) groups excluding carboxylic acids is 2. The Kier molecular flexibility index (Phi) is 4.93. The number of amides is 1. The molecule has 0 unspecified atom stereocenters. The first-order valence-corrected chi connectivity index (χ1v) is 7.71. The molecule has 0 fully saturated rings. The molecule has 0 aliphatic carbocycles. The van der Waals surface area contributed by atoms with Gasteiger partial charge in [0.05, 0.1) is 18.9 Å². The number of H-pyrrole nitrogens is 1. The van der Waals surface area contributed by atoms with E-state index >= 15 is 0 Å². The molecule has 26 heavy (non-hydrogen) atoms. The third kappa shape index (κ3) is 3.86. The minimum atomic E-state index is -0.460. The van der Waals surface area contributed by atoms with E-state index in [1.807, 2.05) is 13.0 Å². The maximum Gasteiger partial charge on any atom is 0.337 e. The second-order valence-electron chi connectivity index (χ2n) is 5.39. The summed E-state index contributed by atoms with van der Waals surface area (Å²) in [5.74, 6) is 0.493. The van der Waals surface area contributed by atoms with Crippen LogP contribution >= 0.6 is 0 Å². The molecule has 0 aliphatic rings. The van der Waals surface area contributed by atoms with Crippen molar-refractivity contribution in [3.8, 4) is 11.5 Å². The second kappa shape index (κ2) is 7.47. The van der Waals surface area contributed by atoms with E-state index in [-0.39, 0.29) is 5.69 Å². The van der Waals surface area contributed by atoms with Crippen LogP contribution in [-0.4, -0.2) is 35.4 Å². The summed E-state index contributed by atoms with van der Waals surface area (Å²) in [6.07, 6.45) is 1.46. The number of hydrazone groups is 1. The Morgan fingerprint density at radius 2 is 2.00 bits per heavy atom. The number of furan rings is 1. The van der Waals surface area contributed by atoms with Crippen LogP contribution in [0.2, 0.25) is 0 Å². The van der Waals surface area contributed by atoms with Crippen LogP contribution in [0, 0.1) is 6.92 Å². The first-order chi connectivity index (χ1) is 12.6. The van der Waals surface area contributed by atoms with Gasteiger partial charge in [0, 0.05) is 6.07 Å². The minimum absolute atomic E-state index is 0.187. The number of nitrogens with one attached hydrogen (secondary N) is 2. The van der Waals surface area contributed by atoms with Gasteiger partial charge in [0.2, 0.25) is 0 Å². The normalized spacial score (nSPS) is 10.8. The van der Waals surface area contributed by atoms with Gasteiger partial charge in [-0.15, -0.1) is 0 Å². The highest BCUT2D eigenvalue weighted by molar-refractivity contribution is 5.94. The number of methoxy groups -OCH3 is 1. The van der Waals surface area contributed by atoms with Crippen molar-refractivity contribution in [3.05, 3.63) is 65.0 Å². The number of nitrogens with zero attached hydrogens (tertiary/aromatic N) is 2. The highest BCUT2D eigenvalue weighted by Crippen LogP contribution is 2.20. The molecule has 2 aromatic heterocycles. The standard InChI is InChI=1S/C18H16N4O4/c1-11-3-8-16(26-11)14-9-15(21-20-14)17(23)22-19-10-12-4-6-13(7-5-12)18(24)25-2/h3-10H,1-2H3,(H,20,21)(H,22,23)/b19-10-. The first kappa shape index (κ1) is 17.2. The van der Waals surface area contributed by atoms with Gasteiger partial charge in [0.1, 0.15) is 11.5 Å². The Balaban J connectivity index is 1.61. The third-order valence-electron chi connectivity index (χ3n) is 3.53. The fourth-order valence-electron chi connectivity index (χ4n) is 2.19. The van der Waals surface area contributed by atoms with Crippen molar-refractivity contribution in [2.24, 2.45) is 5.10 Å². The van der Waals surface area contributed by atoms with Gasteiger partial charge in [0.25, 0.3) is 5.91 Å². The monoisotopic (exact) mass is 352 g/mol. The molecule has 0 saturated carbocycles. The molecule has 2 heterocycles. The summed E-state index contributed by atoms with van der Waals surface area (Å²) in [4.78, 5) is 23.4. The zero-order chi connectivity index (χ0) is 18.5. The fourth-order valence-corrected chi connectivity index (χ4v) is 2.19. The average molecular weight is 352 g/mol. The molecular formula is C18H16N4O4. The number of hydrogen-bond acceptors (Lipinski definition) is 6. The van der Waals surface area contributed by atoms with Crippen molar-refractivity contribution < 1.29 is 18.7 Å². The number of hydrogen-bond donors (Lipinski definition) is 2. The zero-order valence-electron chi connectivity index (χ0n) is 14.1. The van der Waals surface area contributed by atoms with Gasteiger partial charge in [-0.3, -0.25) is 9.89 Å². The Morgan fingerprint density at radius 1 is 1.23 bits per heavy atom. The van der Waals surface area contributed by atoms with Crippen molar-refractivity contribution in [1.82, 2.24) is 15.6 Å². The number of aromatic amines is 1. The predicted molar refractivity (Wildman–Crippen MR) is 93.9 cm³/mol. The Morgan fingerprint density at radius 3 is 2.65 bits per heavy atom. The van der Waals surface area contributed by atoms with Crippen molar-refractivity contribution >= 4 is 18.1 Å². The zero-order valence-corrected chi connectivity index (χ0v) is 14.1. The van der Waals surface area contributed by atoms with Crippen molar-refractivity contribution in [1.29, 1.82) is 0 Å². The fraction of sp³-hybridized carbons (Fsp3) is 0.111. The molecule has 1 aromatic carbocycles. The molecule has 0 aliphatic heterocycles. The summed E-state index contributed by atoms with van der Waals surface area (Å²) in [5, 5.41) is 10.6. The lowest BCUT2D eigenvalue weighted by atomic mass is 10.1. The Hall–Kier alpha value is -3.68. The van der Waals surface area contributed by atoms with Crippen molar-refractivity contribution in [2.45, 2.75) is 6.92 Å². The molecule has 3 aromatic rings. The smallest absolute Gasteiger partial charge is 0.337 e. The molecular weight excluding hydrogens is 336 g/mol. The number of carbonyl (C=O) groups is 2. The molecule has 0 radical (unpaired) electrons. The molecule has 3 rings (SSSR count). The van der Waals surface area contributed by atoms with Gasteiger partial charge in [-0.25, -0.2) is 10.2 Å². The molecule has 0 bridgehead atoms. The topological polar surface area (TPSA) is 110 Å². The van der Waals surface area contributed by atoms with Crippen molar-refractivity contribution in [3.63, 3.8) is 0 Å². The summed E-state index contributed by atoms with van der Waals surface area (Å²) in [5.41, 5.74) is 4.33. The molecule has 2 N–H and O–H groups in total. The highest BCUT2D eigenvalue weighted by Gasteiger charge is 2.12. The van der Waals surface area contributed by atoms with E-state index in [0.29, 0.717) is 22.6 Å². The predicted octanol–water partition coefficient (Wildman–Crippen LogP) is 2.53. The highest BCUT2D eigenvalue weighted by atomic mass is 16.5. The lowest BCUT2D eigenvalue weighted by Crippen LogP contribution is -2.18. The maximum atomic E-state index is 12.1. The number of esters is 1. The second-order valence-corrected chi connectivity index (χ2v) is 5.39. The van der Waals surface area contributed by atoms with Gasteiger partial charge in [-0.05, 0) is 36.8 Å². The van der Waals surface area contributed by atoms with Crippen LogP contribution in [0.1, 0.15) is 32.2 Å². The van der Waals surface area contributed by atoms with Crippen LogP contribution in [-0.2, 0) is 4.74 Å². The van der Waals surface area contributed by atoms with E-state index in [9.17, 15) is 9.59 Å². The van der Waals surface area contributed by atoms with Gasteiger partial charge in [-0.1, -0.05) is 12.1 Å². The summed E-state index contributed by atoms with van der Waals surface area (Å²) in [6.45, 7) is 1.83. The number of ether oxygens (including phenoxy) is 1. The number of aryl methyl sites for hydroxylation is 1. The quantitative estimate of drug-likeness (QED) is 0.416. The van der Waals surface area contributed by atoms with E-state index < -0.39 is 11.9 Å². The lowest BCUT2D eigenvalue weighted by molar-refractivity contribution is 0.0600. The molecule has 8 nitrogen and oxygen atoms in total. The summed E-state index contributed by atoms with van der Waals surface area (Å²) < 4.78 is 10.1.